The number of hydrogen-bond donors (Lipinski definition) is 0. The molecule has 0 aromatic heterocycles. The first-order valence-electron chi connectivity index (χ1n) is 4.65. The molecule has 11 heavy (non-hydrogen) atoms. The quantitative estimate of drug-likeness (QED) is 0.546. The highest BCUT2D eigenvalue weighted by Crippen LogP contribution is 1.90. The molecule has 0 N–H and O–H groups in total. The van der Waals surface area contributed by atoms with Gasteiger partial charge in [0.25, 0.3) is 0 Å². The average molecular weight is 174 g/mol. The summed E-state index contributed by atoms with van der Waals surface area (Å²) in [5.74, 6) is 0. The second-order valence-electron chi connectivity index (χ2n) is 3.02. The molecule has 0 radical (unpaired) electrons. The molecule has 0 rings (SSSR count). The van der Waals surface area contributed by atoms with E-state index in [4.69, 9.17) is 0 Å². The Labute approximate surface area is 73.5 Å². The van der Waals surface area contributed by atoms with Crippen molar-refractivity contribution in [3.8, 4) is 0 Å². The van der Waals surface area contributed by atoms with E-state index in [2.05, 4.69) is 36.9 Å². The molecule has 0 amide bonds. The van der Waals surface area contributed by atoms with Crippen LogP contribution in [0.4, 0.5) is 0 Å². The lowest BCUT2D eigenvalue weighted by Crippen LogP contribution is -2.39. The predicted octanol–water partition coefficient (Wildman–Crippen LogP) is 0.669. The second-order valence-corrected chi connectivity index (χ2v) is 5.28. The average Bonchev–Trinajstić information content (AvgIpc) is 2.03. The zero-order chi connectivity index (χ0) is 8.69. The van der Waals surface area contributed by atoms with Crippen molar-refractivity contribution in [3.63, 3.8) is 0 Å². The standard InChI is InChI=1S/C8H22N2Si/c1-5-8-10(7-3)11-9(4)6-2/h5-8,11H2,1-4H3. The maximum Gasteiger partial charge on any atom is 0.172 e. The van der Waals surface area contributed by atoms with Crippen LogP contribution in [0.3, 0.4) is 0 Å². The van der Waals surface area contributed by atoms with Crippen molar-refractivity contribution in [3.05, 3.63) is 0 Å². The van der Waals surface area contributed by atoms with E-state index in [-0.39, 0.29) is 9.84 Å². The van der Waals surface area contributed by atoms with Crippen molar-refractivity contribution in [2.45, 2.75) is 27.2 Å². The minimum absolute atomic E-state index is 0.0947. The van der Waals surface area contributed by atoms with E-state index >= 15 is 0 Å². The third kappa shape index (κ3) is 5.41. The largest absolute Gasteiger partial charge is 0.320 e. The van der Waals surface area contributed by atoms with Gasteiger partial charge in [0.15, 0.2) is 9.84 Å². The van der Waals surface area contributed by atoms with Crippen LogP contribution in [0.2, 0.25) is 0 Å². The van der Waals surface area contributed by atoms with Crippen LogP contribution >= 0.6 is 0 Å². The molecule has 0 aromatic carbocycles. The third-order valence-corrected chi connectivity index (χ3v) is 4.06. The highest BCUT2D eigenvalue weighted by atomic mass is 28.2. The first-order valence-corrected chi connectivity index (χ1v) is 5.91. The Morgan fingerprint density at radius 3 is 2.09 bits per heavy atom. The van der Waals surface area contributed by atoms with Gasteiger partial charge in [0, 0.05) is 0 Å². The van der Waals surface area contributed by atoms with E-state index in [0.717, 1.165) is 0 Å². The lowest BCUT2D eigenvalue weighted by atomic mass is 10.5. The molecular formula is C8H22N2Si. The molecule has 0 aliphatic rings. The lowest BCUT2D eigenvalue weighted by Gasteiger charge is -2.24. The Morgan fingerprint density at radius 1 is 1.09 bits per heavy atom. The number of rotatable bonds is 6. The predicted molar refractivity (Wildman–Crippen MR) is 54.4 cm³/mol. The van der Waals surface area contributed by atoms with Crippen molar-refractivity contribution in [1.82, 2.24) is 9.13 Å². The van der Waals surface area contributed by atoms with Gasteiger partial charge in [0.2, 0.25) is 0 Å². The summed E-state index contributed by atoms with van der Waals surface area (Å²) in [6.45, 7) is 10.5. The third-order valence-electron chi connectivity index (χ3n) is 1.97. The minimum Gasteiger partial charge on any atom is -0.320 e. The fraction of sp³-hybridized carbons (Fsp3) is 1.00. The molecule has 0 bridgehead atoms. The SMILES string of the molecule is CCCN(CC)[SiH2]N(C)CC. The molecular weight excluding hydrogens is 152 g/mol. The molecule has 0 saturated heterocycles. The maximum absolute atomic E-state index is 2.60. The molecule has 3 heteroatoms. The monoisotopic (exact) mass is 174 g/mol. The topological polar surface area (TPSA) is 6.48 Å². The summed E-state index contributed by atoms with van der Waals surface area (Å²) in [6, 6.07) is 0. The van der Waals surface area contributed by atoms with Crippen LogP contribution in [0.1, 0.15) is 27.2 Å². The lowest BCUT2D eigenvalue weighted by molar-refractivity contribution is 0.411. The van der Waals surface area contributed by atoms with E-state index in [0.29, 0.717) is 0 Å². The summed E-state index contributed by atoms with van der Waals surface area (Å²) in [5, 5.41) is 0. The van der Waals surface area contributed by atoms with Gasteiger partial charge in [-0.3, -0.25) is 0 Å². The zero-order valence-electron chi connectivity index (χ0n) is 8.43. The van der Waals surface area contributed by atoms with Crippen LogP contribution < -0.4 is 0 Å². The fourth-order valence-corrected chi connectivity index (χ4v) is 2.63. The highest BCUT2D eigenvalue weighted by Gasteiger charge is 2.03. The number of hydrogen-bond acceptors (Lipinski definition) is 2. The van der Waals surface area contributed by atoms with Crippen molar-refractivity contribution in [2.75, 3.05) is 26.7 Å². The van der Waals surface area contributed by atoms with Gasteiger partial charge in [-0.2, -0.15) is 0 Å². The van der Waals surface area contributed by atoms with E-state index in [1.54, 1.807) is 0 Å². The highest BCUT2D eigenvalue weighted by molar-refractivity contribution is 6.28. The minimum atomic E-state index is -0.0947. The van der Waals surface area contributed by atoms with Crippen molar-refractivity contribution in [1.29, 1.82) is 0 Å². The zero-order valence-corrected chi connectivity index (χ0v) is 9.84. The Hall–Kier alpha value is 0.137. The summed E-state index contributed by atoms with van der Waals surface area (Å²) in [6.07, 6.45) is 1.29. The molecule has 2 nitrogen and oxygen atoms in total. The van der Waals surface area contributed by atoms with E-state index < -0.39 is 0 Å². The molecule has 0 unspecified atom stereocenters. The molecule has 0 aliphatic heterocycles. The maximum atomic E-state index is 2.60. The van der Waals surface area contributed by atoms with Gasteiger partial charge in [-0.25, -0.2) is 0 Å². The van der Waals surface area contributed by atoms with Gasteiger partial charge in [-0.1, -0.05) is 20.8 Å². The Morgan fingerprint density at radius 2 is 1.73 bits per heavy atom. The van der Waals surface area contributed by atoms with Crippen LogP contribution in [0, 0.1) is 0 Å². The van der Waals surface area contributed by atoms with Gasteiger partial charge in [0.05, 0.1) is 0 Å². The van der Waals surface area contributed by atoms with Crippen LogP contribution in [0.25, 0.3) is 0 Å². The van der Waals surface area contributed by atoms with Crippen LogP contribution in [-0.2, 0) is 0 Å². The smallest absolute Gasteiger partial charge is 0.172 e. The van der Waals surface area contributed by atoms with E-state index in [1.807, 2.05) is 0 Å². The van der Waals surface area contributed by atoms with E-state index in [9.17, 15) is 0 Å². The molecule has 0 atom stereocenters. The van der Waals surface area contributed by atoms with Crippen LogP contribution in [-0.4, -0.2) is 45.7 Å². The van der Waals surface area contributed by atoms with Crippen molar-refractivity contribution < 1.29 is 0 Å². The molecule has 0 spiro atoms. The van der Waals surface area contributed by atoms with Gasteiger partial charge >= 0.3 is 0 Å². The molecule has 0 aromatic rings. The van der Waals surface area contributed by atoms with Crippen LogP contribution in [0.15, 0.2) is 0 Å². The fourth-order valence-electron chi connectivity index (χ4n) is 1.09. The van der Waals surface area contributed by atoms with Crippen molar-refractivity contribution in [2.24, 2.45) is 0 Å². The summed E-state index contributed by atoms with van der Waals surface area (Å²) in [5.41, 5.74) is 0. The van der Waals surface area contributed by atoms with Gasteiger partial charge in [-0.05, 0) is 33.1 Å². The summed E-state index contributed by atoms with van der Waals surface area (Å²) < 4.78 is 5.07. The Kier molecular flexibility index (Phi) is 6.91. The van der Waals surface area contributed by atoms with Crippen molar-refractivity contribution >= 4 is 9.84 Å². The van der Waals surface area contributed by atoms with E-state index in [1.165, 1.54) is 26.1 Å². The molecule has 0 heterocycles. The summed E-state index contributed by atoms with van der Waals surface area (Å²) in [7, 11) is 2.13. The van der Waals surface area contributed by atoms with Gasteiger partial charge < -0.3 is 9.13 Å². The number of nitrogens with zero attached hydrogens (tertiary/aromatic N) is 2. The molecule has 68 valence electrons. The van der Waals surface area contributed by atoms with Crippen LogP contribution in [0.5, 0.6) is 0 Å². The molecule has 0 aliphatic carbocycles. The van der Waals surface area contributed by atoms with Gasteiger partial charge in [0.1, 0.15) is 0 Å². The molecule has 0 saturated carbocycles. The van der Waals surface area contributed by atoms with Gasteiger partial charge in [-0.15, -0.1) is 0 Å². The Balaban J connectivity index is 3.49. The second kappa shape index (κ2) is 6.82. The Bertz CT molecular complexity index is 88.2. The normalized spacial score (nSPS) is 12.5. The first kappa shape index (κ1) is 11.1. The summed E-state index contributed by atoms with van der Waals surface area (Å²) >= 11 is 0. The summed E-state index contributed by atoms with van der Waals surface area (Å²) in [4.78, 5) is 0. The molecule has 0 fully saturated rings. The first-order chi connectivity index (χ1) is 5.24.